The van der Waals surface area contributed by atoms with Gasteiger partial charge in [-0.15, -0.1) is 0 Å². The van der Waals surface area contributed by atoms with E-state index in [1.807, 2.05) is 42.5 Å². The maximum absolute atomic E-state index is 7.78. The van der Waals surface area contributed by atoms with E-state index in [-0.39, 0.29) is 5.41 Å². The maximum atomic E-state index is 7.78. The summed E-state index contributed by atoms with van der Waals surface area (Å²) >= 11 is 0. The molecule has 7 rings (SSSR count). The maximum Gasteiger partial charge on any atom is 0.187 e. The molecule has 0 fully saturated rings. The second kappa shape index (κ2) is 10.7. The van der Waals surface area contributed by atoms with Gasteiger partial charge in [-0.2, -0.15) is 0 Å². The lowest BCUT2D eigenvalue weighted by atomic mass is 9.71. The summed E-state index contributed by atoms with van der Waals surface area (Å²) in [6, 6.07) is 28.7. The summed E-state index contributed by atoms with van der Waals surface area (Å²) in [7, 11) is 5.01. The van der Waals surface area contributed by atoms with Gasteiger partial charge in [0.1, 0.15) is 11.5 Å². The van der Waals surface area contributed by atoms with Gasteiger partial charge in [-0.3, -0.25) is 0 Å². The van der Waals surface area contributed by atoms with Crippen LogP contribution in [-0.4, -0.2) is 21.3 Å². The normalized spacial score (nSPS) is 17.1. The van der Waals surface area contributed by atoms with Crippen LogP contribution in [0.2, 0.25) is 0 Å². The Kier molecular flexibility index (Phi) is 6.82. The van der Waals surface area contributed by atoms with Crippen molar-refractivity contribution in [2.75, 3.05) is 21.3 Å². The number of ether oxygens (including phenoxy) is 4. The SMILES string of the molecule is [C-]#[N+]c1ccc2c(c1)C(CC)(CC)c1c3c(c4cc(OC)c(OC)cc4c1-2)OC(c1ccccc1)(c1ccc(OC)cc1)C=C3. The lowest BCUT2D eigenvalue weighted by Gasteiger charge is -2.39. The van der Waals surface area contributed by atoms with Gasteiger partial charge in [0.25, 0.3) is 0 Å². The van der Waals surface area contributed by atoms with Crippen molar-refractivity contribution in [2.24, 2.45) is 0 Å². The van der Waals surface area contributed by atoms with Crippen molar-refractivity contribution in [1.82, 2.24) is 0 Å². The number of hydrogen-bond acceptors (Lipinski definition) is 4. The van der Waals surface area contributed by atoms with Crippen LogP contribution >= 0.6 is 0 Å². The summed E-state index contributed by atoms with van der Waals surface area (Å²) in [6.07, 6.45) is 6.22. The van der Waals surface area contributed by atoms with E-state index in [0.29, 0.717) is 17.2 Å². The van der Waals surface area contributed by atoms with E-state index in [1.165, 1.54) is 16.7 Å². The first-order chi connectivity index (χ1) is 22.0. The van der Waals surface area contributed by atoms with Crippen molar-refractivity contribution in [1.29, 1.82) is 0 Å². The average molecular weight is 594 g/mol. The van der Waals surface area contributed by atoms with Gasteiger partial charge in [0, 0.05) is 27.5 Å². The van der Waals surface area contributed by atoms with E-state index >= 15 is 0 Å². The molecule has 1 unspecified atom stereocenters. The van der Waals surface area contributed by atoms with E-state index in [0.717, 1.165) is 57.4 Å². The summed E-state index contributed by atoms with van der Waals surface area (Å²) in [4.78, 5) is 3.81. The van der Waals surface area contributed by atoms with E-state index in [1.54, 1.807) is 21.3 Å². The zero-order valence-corrected chi connectivity index (χ0v) is 26.2. The van der Waals surface area contributed by atoms with Crippen LogP contribution in [0.15, 0.2) is 91.0 Å². The molecule has 5 nitrogen and oxygen atoms in total. The molecule has 5 aromatic rings. The monoisotopic (exact) mass is 593 g/mol. The zero-order chi connectivity index (χ0) is 31.3. The first kappa shape index (κ1) is 28.6. The number of methoxy groups -OCH3 is 3. The van der Waals surface area contributed by atoms with Crippen LogP contribution in [0.5, 0.6) is 23.0 Å². The minimum absolute atomic E-state index is 0.294. The van der Waals surface area contributed by atoms with Crippen LogP contribution in [0.4, 0.5) is 5.69 Å². The van der Waals surface area contributed by atoms with Crippen molar-refractivity contribution < 1.29 is 18.9 Å². The molecule has 0 spiro atoms. The molecule has 1 aliphatic carbocycles. The Hall–Kier alpha value is -5.21. The zero-order valence-electron chi connectivity index (χ0n) is 26.2. The molecule has 1 aliphatic heterocycles. The van der Waals surface area contributed by atoms with Gasteiger partial charge in [0.15, 0.2) is 22.8 Å². The summed E-state index contributed by atoms with van der Waals surface area (Å²) in [6.45, 7) is 12.3. The highest BCUT2D eigenvalue weighted by atomic mass is 16.5. The molecule has 0 saturated heterocycles. The van der Waals surface area contributed by atoms with Crippen molar-refractivity contribution in [2.45, 2.75) is 37.7 Å². The predicted molar refractivity (Wildman–Crippen MR) is 180 cm³/mol. The third-order valence-corrected chi connectivity index (χ3v) is 9.87. The Morgan fingerprint density at radius 3 is 2.04 bits per heavy atom. The molecular weight excluding hydrogens is 558 g/mol. The fourth-order valence-electron chi connectivity index (χ4n) is 7.58. The standard InChI is InChI=1S/C40H35NO4/c1-7-39(8-2)33-22-27(41-3)16-19-29(33)36-31-23-34(43-5)35(44-6)24-32(31)38-30(37(36)39)20-21-40(45-38,25-12-10-9-11-13-25)26-14-17-28(42-4)18-15-26/h9-24H,7-8H2,1-2,4-6H3. The largest absolute Gasteiger partial charge is 0.497 e. The van der Waals surface area contributed by atoms with Gasteiger partial charge < -0.3 is 18.9 Å². The summed E-state index contributed by atoms with van der Waals surface area (Å²) in [5.74, 6) is 2.89. The summed E-state index contributed by atoms with van der Waals surface area (Å²) in [5.41, 5.74) is 7.32. The highest BCUT2D eigenvalue weighted by Crippen LogP contribution is 2.61. The van der Waals surface area contributed by atoms with Gasteiger partial charge in [-0.25, -0.2) is 4.85 Å². The summed E-state index contributed by atoms with van der Waals surface area (Å²) < 4.78 is 24.6. The van der Waals surface area contributed by atoms with Crippen molar-refractivity contribution in [3.05, 3.63) is 130 Å². The Morgan fingerprint density at radius 1 is 0.756 bits per heavy atom. The minimum atomic E-state index is -0.890. The number of nitrogens with zero attached hydrogens (tertiary/aromatic N) is 1. The Bertz CT molecular complexity index is 2020. The first-order valence-electron chi connectivity index (χ1n) is 15.3. The molecule has 0 N–H and O–H groups in total. The molecule has 0 amide bonds. The van der Waals surface area contributed by atoms with Crippen LogP contribution in [-0.2, 0) is 11.0 Å². The Balaban J connectivity index is 1.61. The molecular formula is C40H35NO4. The van der Waals surface area contributed by atoms with Crippen LogP contribution in [0.3, 0.4) is 0 Å². The molecule has 5 heteroatoms. The topological polar surface area (TPSA) is 41.3 Å². The highest BCUT2D eigenvalue weighted by molar-refractivity contribution is 6.10. The van der Waals surface area contributed by atoms with Gasteiger partial charge in [-0.1, -0.05) is 80.6 Å². The molecule has 0 radical (unpaired) electrons. The first-order valence-corrected chi connectivity index (χ1v) is 15.3. The van der Waals surface area contributed by atoms with E-state index < -0.39 is 5.60 Å². The van der Waals surface area contributed by atoms with Gasteiger partial charge in [0.05, 0.1) is 27.9 Å². The quantitative estimate of drug-likeness (QED) is 0.176. The highest BCUT2D eigenvalue weighted by Gasteiger charge is 2.47. The smallest absolute Gasteiger partial charge is 0.187 e. The molecule has 0 bridgehead atoms. The lowest BCUT2D eigenvalue weighted by Crippen LogP contribution is -2.35. The average Bonchev–Trinajstić information content (AvgIpc) is 3.41. The Labute approximate surface area is 264 Å². The molecule has 2 aliphatic rings. The number of hydrogen-bond donors (Lipinski definition) is 0. The summed E-state index contributed by atoms with van der Waals surface area (Å²) in [5, 5.41) is 1.98. The van der Waals surface area contributed by atoms with Crippen molar-refractivity contribution in [3.8, 4) is 34.1 Å². The number of benzene rings is 5. The molecule has 0 aromatic heterocycles. The van der Waals surface area contributed by atoms with Gasteiger partial charge >= 0.3 is 0 Å². The lowest BCUT2D eigenvalue weighted by molar-refractivity contribution is 0.163. The molecule has 224 valence electrons. The fourth-order valence-corrected chi connectivity index (χ4v) is 7.58. The molecule has 0 saturated carbocycles. The number of rotatable bonds is 7. The fraction of sp³-hybridized carbons (Fsp3) is 0.225. The van der Waals surface area contributed by atoms with Crippen LogP contribution < -0.4 is 18.9 Å². The second-order valence-electron chi connectivity index (χ2n) is 11.6. The number of fused-ring (bicyclic) bond motifs is 8. The molecule has 5 aromatic carbocycles. The van der Waals surface area contributed by atoms with E-state index in [2.05, 4.69) is 73.3 Å². The van der Waals surface area contributed by atoms with Crippen LogP contribution in [0.1, 0.15) is 54.5 Å². The second-order valence-corrected chi connectivity index (χ2v) is 11.6. The van der Waals surface area contributed by atoms with Gasteiger partial charge in [-0.05, 0) is 70.8 Å². The van der Waals surface area contributed by atoms with Crippen molar-refractivity contribution >= 4 is 22.5 Å². The van der Waals surface area contributed by atoms with Crippen LogP contribution in [0, 0.1) is 6.57 Å². The van der Waals surface area contributed by atoms with E-state index in [4.69, 9.17) is 25.5 Å². The Morgan fingerprint density at radius 2 is 1.42 bits per heavy atom. The predicted octanol–water partition coefficient (Wildman–Crippen LogP) is 9.85. The van der Waals surface area contributed by atoms with E-state index in [9.17, 15) is 0 Å². The minimum Gasteiger partial charge on any atom is -0.497 e. The van der Waals surface area contributed by atoms with Gasteiger partial charge in [0.2, 0.25) is 0 Å². The molecule has 1 atom stereocenters. The molecule has 45 heavy (non-hydrogen) atoms. The third-order valence-electron chi connectivity index (χ3n) is 9.87. The van der Waals surface area contributed by atoms with Crippen molar-refractivity contribution in [3.63, 3.8) is 0 Å². The molecule has 1 heterocycles. The third kappa shape index (κ3) is 3.98. The van der Waals surface area contributed by atoms with Crippen LogP contribution in [0.25, 0.3) is 32.8 Å².